The molecule has 2 amide bonds. The number of anilines is 2. The van der Waals surface area contributed by atoms with Crippen molar-refractivity contribution in [3.63, 3.8) is 0 Å². The van der Waals surface area contributed by atoms with Crippen LogP contribution in [0.25, 0.3) is 6.08 Å². The third-order valence-electron chi connectivity index (χ3n) is 3.84. The Morgan fingerprint density at radius 1 is 1.00 bits per heavy atom. The number of hydrogen-bond acceptors (Lipinski definition) is 4. The minimum Gasteiger partial charge on any atom is -0.378 e. The lowest BCUT2D eigenvalue weighted by molar-refractivity contribution is -0.122. The van der Waals surface area contributed by atoms with Crippen molar-refractivity contribution in [1.82, 2.24) is 5.32 Å². The van der Waals surface area contributed by atoms with Crippen molar-refractivity contribution in [2.45, 2.75) is 0 Å². The van der Waals surface area contributed by atoms with Gasteiger partial charge in [0.25, 0.3) is 11.8 Å². The molecule has 0 unspecified atom stereocenters. The SMILES string of the molecule is CN(C)c1ccc(/C=C2/C(=O)NC(=S)N(c3ccccc3)C2=O)cc1. The number of nitrogens with zero attached hydrogens (tertiary/aromatic N) is 2. The van der Waals surface area contributed by atoms with E-state index < -0.39 is 11.8 Å². The number of para-hydroxylation sites is 1. The topological polar surface area (TPSA) is 52.7 Å². The van der Waals surface area contributed by atoms with Gasteiger partial charge in [0.1, 0.15) is 5.57 Å². The van der Waals surface area contributed by atoms with Crippen LogP contribution in [0, 0.1) is 0 Å². The third kappa shape index (κ3) is 3.44. The Labute approximate surface area is 151 Å². The summed E-state index contributed by atoms with van der Waals surface area (Å²) in [6.45, 7) is 0. The van der Waals surface area contributed by atoms with Gasteiger partial charge in [-0.05, 0) is 48.1 Å². The second kappa shape index (κ2) is 6.86. The van der Waals surface area contributed by atoms with Gasteiger partial charge in [-0.3, -0.25) is 19.8 Å². The van der Waals surface area contributed by atoms with Crippen molar-refractivity contribution in [2.75, 3.05) is 23.9 Å². The van der Waals surface area contributed by atoms with Crippen LogP contribution in [0.5, 0.6) is 0 Å². The van der Waals surface area contributed by atoms with Crippen LogP contribution in [-0.4, -0.2) is 31.0 Å². The standard InChI is InChI=1S/C19H17N3O2S/c1-21(2)14-10-8-13(9-11-14)12-16-17(23)20-19(25)22(18(16)24)15-6-4-3-5-7-15/h3-12H,1-2H3,(H,20,23,25)/b16-12-. The smallest absolute Gasteiger partial charge is 0.270 e. The van der Waals surface area contributed by atoms with E-state index in [1.807, 2.05) is 61.5 Å². The van der Waals surface area contributed by atoms with E-state index in [1.54, 1.807) is 18.2 Å². The van der Waals surface area contributed by atoms with E-state index in [-0.39, 0.29) is 10.7 Å². The number of nitrogens with one attached hydrogen (secondary N) is 1. The first-order chi connectivity index (χ1) is 12.0. The first kappa shape index (κ1) is 16.9. The van der Waals surface area contributed by atoms with Crippen molar-refractivity contribution >= 4 is 46.6 Å². The zero-order valence-corrected chi connectivity index (χ0v) is 14.7. The van der Waals surface area contributed by atoms with Gasteiger partial charge in [0.15, 0.2) is 5.11 Å². The maximum Gasteiger partial charge on any atom is 0.270 e. The van der Waals surface area contributed by atoms with Gasteiger partial charge in [0, 0.05) is 19.8 Å². The van der Waals surface area contributed by atoms with E-state index in [1.165, 1.54) is 4.90 Å². The molecule has 0 spiro atoms. The molecule has 1 N–H and O–H groups in total. The summed E-state index contributed by atoms with van der Waals surface area (Å²) < 4.78 is 0. The van der Waals surface area contributed by atoms with Crippen LogP contribution in [0.15, 0.2) is 60.2 Å². The van der Waals surface area contributed by atoms with Crippen molar-refractivity contribution < 1.29 is 9.59 Å². The molecule has 0 bridgehead atoms. The highest BCUT2D eigenvalue weighted by molar-refractivity contribution is 7.80. The van der Waals surface area contributed by atoms with E-state index in [4.69, 9.17) is 12.2 Å². The highest BCUT2D eigenvalue weighted by Crippen LogP contribution is 2.22. The summed E-state index contributed by atoms with van der Waals surface area (Å²) in [7, 11) is 3.90. The Hall–Kier alpha value is -2.99. The number of rotatable bonds is 3. The number of amides is 2. The molecule has 1 aliphatic heterocycles. The monoisotopic (exact) mass is 351 g/mol. The summed E-state index contributed by atoms with van der Waals surface area (Å²) in [5.41, 5.74) is 2.47. The fourth-order valence-electron chi connectivity index (χ4n) is 2.50. The summed E-state index contributed by atoms with van der Waals surface area (Å²) in [6.07, 6.45) is 1.58. The molecule has 0 aromatic heterocycles. The van der Waals surface area contributed by atoms with Crippen LogP contribution >= 0.6 is 12.2 Å². The molecule has 0 aliphatic carbocycles. The van der Waals surface area contributed by atoms with E-state index in [2.05, 4.69) is 5.32 Å². The average molecular weight is 351 g/mol. The van der Waals surface area contributed by atoms with Crippen molar-refractivity contribution in [2.24, 2.45) is 0 Å². The highest BCUT2D eigenvalue weighted by atomic mass is 32.1. The predicted molar refractivity (Wildman–Crippen MR) is 103 cm³/mol. The van der Waals surface area contributed by atoms with Crippen molar-refractivity contribution in [3.05, 3.63) is 65.7 Å². The maximum atomic E-state index is 12.8. The molecular formula is C19H17N3O2S. The van der Waals surface area contributed by atoms with Gasteiger partial charge < -0.3 is 4.90 Å². The average Bonchev–Trinajstić information content (AvgIpc) is 2.60. The molecular weight excluding hydrogens is 334 g/mol. The minimum absolute atomic E-state index is 0.0510. The zero-order valence-electron chi connectivity index (χ0n) is 13.9. The fourth-order valence-corrected chi connectivity index (χ4v) is 2.79. The lowest BCUT2D eigenvalue weighted by Crippen LogP contribution is -2.54. The number of carbonyl (C=O) groups is 2. The van der Waals surface area contributed by atoms with E-state index in [0.29, 0.717) is 5.69 Å². The van der Waals surface area contributed by atoms with Gasteiger partial charge >= 0.3 is 0 Å². The Morgan fingerprint density at radius 2 is 1.64 bits per heavy atom. The molecule has 2 aromatic rings. The van der Waals surface area contributed by atoms with Gasteiger partial charge in [-0.2, -0.15) is 0 Å². The van der Waals surface area contributed by atoms with Crippen LogP contribution in [0.1, 0.15) is 5.56 Å². The molecule has 5 nitrogen and oxygen atoms in total. The second-order valence-corrected chi connectivity index (χ2v) is 6.17. The zero-order chi connectivity index (χ0) is 18.0. The molecule has 6 heteroatoms. The Morgan fingerprint density at radius 3 is 2.24 bits per heavy atom. The maximum absolute atomic E-state index is 12.8. The Kier molecular flexibility index (Phi) is 4.63. The summed E-state index contributed by atoms with van der Waals surface area (Å²) in [5.74, 6) is -0.921. The fraction of sp³-hybridized carbons (Fsp3) is 0.105. The lowest BCUT2D eigenvalue weighted by atomic mass is 10.1. The van der Waals surface area contributed by atoms with E-state index in [9.17, 15) is 9.59 Å². The lowest BCUT2D eigenvalue weighted by Gasteiger charge is -2.28. The molecule has 0 atom stereocenters. The third-order valence-corrected chi connectivity index (χ3v) is 4.12. The number of hydrogen-bond donors (Lipinski definition) is 1. The van der Waals surface area contributed by atoms with Crippen molar-refractivity contribution in [1.29, 1.82) is 0 Å². The Bertz CT molecular complexity index is 858. The first-order valence-electron chi connectivity index (χ1n) is 7.71. The molecule has 1 aliphatic rings. The minimum atomic E-state index is -0.487. The first-order valence-corrected chi connectivity index (χ1v) is 8.12. The van der Waals surface area contributed by atoms with Gasteiger partial charge in [-0.1, -0.05) is 30.3 Å². The summed E-state index contributed by atoms with van der Waals surface area (Å²) in [6, 6.07) is 16.6. The largest absolute Gasteiger partial charge is 0.378 e. The second-order valence-electron chi connectivity index (χ2n) is 5.78. The van der Waals surface area contributed by atoms with E-state index >= 15 is 0 Å². The molecule has 0 saturated carbocycles. The van der Waals surface area contributed by atoms with Crippen molar-refractivity contribution in [3.8, 4) is 0 Å². The van der Waals surface area contributed by atoms with Crippen LogP contribution < -0.4 is 15.1 Å². The summed E-state index contributed by atoms with van der Waals surface area (Å²) in [5, 5.41) is 2.66. The molecule has 25 heavy (non-hydrogen) atoms. The molecule has 1 fully saturated rings. The molecule has 0 radical (unpaired) electrons. The van der Waals surface area contributed by atoms with E-state index in [0.717, 1.165) is 11.3 Å². The van der Waals surface area contributed by atoms with Gasteiger partial charge in [0.05, 0.1) is 5.69 Å². The van der Waals surface area contributed by atoms with Gasteiger partial charge in [-0.15, -0.1) is 0 Å². The molecule has 126 valence electrons. The van der Waals surface area contributed by atoms with Crippen LogP contribution in [0.3, 0.4) is 0 Å². The Balaban J connectivity index is 1.96. The molecule has 3 rings (SSSR count). The number of carbonyl (C=O) groups excluding carboxylic acids is 2. The van der Waals surface area contributed by atoms with Crippen LogP contribution in [0.4, 0.5) is 11.4 Å². The highest BCUT2D eigenvalue weighted by Gasteiger charge is 2.34. The number of thiocarbonyl (C=S) groups is 1. The van der Waals surface area contributed by atoms with Gasteiger partial charge in [-0.25, -0.2) is 0 Å². The molecule has 2 aromatic carbocycles. The normalized spacial score (nSPS) is 16.2. The van der Waals surface area contributed by atoms with Crippen LogP contribution in [0.2, 0.25) is 0 Å². The summed E-state index contributed by atoms with van der Waals surface area (Å²) in [4.78, 5) is 28.4. The molecule has 1 saturated heterocycles. The predicted octanol–water partition coefficient (Wildman–Crippen LogP) is 2.58. The van der Waals surface area contributed by atoms with Gasteiger partial charge in [0.2, 0.25) is 0 Å². The van der Waals surface area contributed by atoms with Crippen LogP contribution in [-0.2, 0) is 9.59 Å². The molecule has 1 heterocycles. The quantitative estimate of drug-likeness (QED) is 0.525. The number of benzene rings is 2. The summed E-state index contributed by atoms with van der Waals surface area (Å²) >= 11 is 5.17.